The molecule has 0 aliphatic heterocycles. The molecule has 0 heterocycles. The molecule has 3 heteroatoms. The molecule has 1 nitrogen and oxygen atoms in total. The first-order chi connectivity index (χ1) is 15.6. The monoisotopic (exact) mass is 488 g/mol. The van der Waals surface area contributed by atoms with Gasteiger partial charge in [-0.2, -0.15) is 11.1 Å². The Morgan fingerprint density at radius 1 is 0.375 bits per heavy atom. The first kappa shape index (κ1) is 32.5. The highest BCUT2D eigenvalue weighted by atomic mass is 35.6. The largest absolute Gasteiger partial charge is 0.396 e. The molecule has 194 valence electrons. The minimum Gasteiger partial charge on any atom is -0.396 e. The summed E-state index contributed by atoms with van der Waals surface area (Å²) in [4.78, 5) is 0. The molecule has 0 saturated carbocycles. The Morgan fingerprint density at radius 2 is 0.562 bits per heavy atom. The lowest BCUT2D eigenvalue weighted by Crippen LogP contribution is -2.14. The predicted molar refractivity (Wildman–Crippen MR) is 151 cm³/mol. The van der Waals surface area contributed by atoms with Crippen LogP contribution in [0.25, 0.3) is 0 Å². The van der Waals surface area contributed by atoms with Crippen molar-refractivity contribution in [3.63, 3.8) is 0 Å². The third-order valence-corrected chi connectivity index (χ3v) is 9.04. The molecule has 0 aromatic carbocycles. The van der Waals surface area contributed by atoms with Gasteiger partial charge in [-0.05, 0) is 12.5 Å². The first-order valence-corrected chi connectivity index (χ1v) is 19.1. The van der Waals surface area contributed by atoms with Gasteiger partial charge in [0.05, 0.1) is 0 Å². The van der Waals surface area contributed by atoms with Gasteiger partial charge in [0.2, 0.25) is 0 Å². The number of hydrogen-bond donors (Lipinski definition) is 1. The molecule has 0 amide bonds. The maximum absolute atomic E-state index is 8.76. The number of unbranched alkanes of at least 4 members (excludes halogenated alkanes) is 24. The standard InChI is InChI=1S/C29H61ClOSi/c1-32(2,30)29-27-25-23-21-19-17-15-13-11-9-7-5-3-4-6-8-10-12-14-16-18-20-22-24-26-28-31/h31H,3-29H2,1-2H3. The molecular weight excluding hydrogens is 428 g/mol. The number of rotatable bonds is 27. The summed E-state index contributed by atoms with van der Waals surface area (Å²) in [5, 5.41) is 8.76. The van der Waals surface area contributed by atoms with Gasteiger partial charge >= 0.3 is 0 Å². The summed E-state index contributed by atoms with van der Waals surface area (Å²) < 4.78 is 0. The topological polar surface area (TPSA) is 20.2 Å². The fourth-order valence-electron chi connectivity index (χ4n) is 4.72. The Morgan fingerprint density at radius 3 is 0.750 bits per heavy atom. The summed E-state index contributed by atoms with van der Waals surface area (Å²) in [6.45, 7) is 4.91. The van der Waals surface area contributed by atoms with Crippen molar-refractivity contribution in [1.29, 1.82) is 0 Å². The first-order valence-electron chi connectivity index (χ1n) is 14.9. The second-order valence-electron chi connectivity index (χ2n) is 11.0. The minimum absolute atomic E-state index is 0.372. The summed E-state index contributed by atoms with van der Waals surface area (Å²) in [5.41, 5.74) is 0. The quantitative estimate of drug-likeness (QED) is 0.0691. The maximum atomic E-state index is 8.76. The van der Waals surface area contributed by atoms with Gasteiger partial charge in [0.15, 0.2) is 0 Å². The fraction of sp³-hybridized carbons (Fsp3) is 1.00. The van der Waals surface area contributed by atoms with E-state index in [0.717, 1.165) is 6.42 Å². The second-order valence-corrected chi connectivity index (χ2v) is 18.0. The lowest BCUT2D eigenvalue weighted by molar-refractivity contribution is 0.282. The van der Waals surface area contributed by atoms with Crippen LogP contribution in [0.2, 0.25) is 19.1 Å². The molecular formula is C29H61ClOSi. The molecule has 0 fully saturated rings. The predicted octanol–water partition coefficient (Wildman–Crippen LogP) is 11.2. The van der Waals surface area contributed by atoms with E-state index in [1.807, 2.05) is 0 Å². The van der Waals surface area contributed by atoms with Gasteiger partial charge in [-0.25, -0.2) is 0 Å². The summed E-state index contributed by atoms with van der Waals surface area (Å²) in [6, 6.07) is 1.29. The van der Waals surface area contributed by atoms with E-state index in [4.69, 9.17) is 16.2 Å². The van der Waals surface area contributed by atoms with Crippen LogP contribution in [0.15, 0.2) is 0 Å². The maximum Gasteiger partial charge on any atom is 0.150 e. The minimum atomic E-state index is -1.31. The molecule has 1 N–H and O–H groups in total. The Bertz CT molecular complexity index is 343. The number of aliphatic hydroxyl groups excluding tert-OH is 1. The van der Waals surface area contributed by atoms with Crippen molar-refractivity contribution in [1.82, 2.24) is 0 Å². The van der Waals surface area contributed by atoms with Crippen molar-refractivity contribution < 1.29 is 5.11 Å². The Labute approximate surface area is 209 Å². The lowest BCUT2D eigenvalue weighted by Gasteiger charge is -2.11. The highest BCUT2D eigenvalue weighted by molar-refractivity contribution is 7.19. The van der Waals surface area contributed by atoms with Crippen molar-refractivity contribution in [3.05, 3.63) is 0 Å². The molecule has 0 aromatic rings. The Kier molecular flexibility index (Phi) is 26.5. The van der Waals surface area contributed by atoms with Crippen LogP contribution in [-0.2, 0) is 0 Å². The molecule has 0 unspecified atom stereocenters. The molecule has 0 atom stereocenters. The van der Waals surface area contributed by atoms with Gasteiger partial charge in [0.25, 0.3) is 0 Å². The zero-order valence-corrected chi connectivity index (χ0v) is 24.2. The summed E-state index contributed by atoms with van der Waals surface area (Å²) >= 11 is 6.38. The van der Waals surface area contributed by atoms with Crippen molar-refractivity contribution in [3.8, 4) is 0 Å². The van der Waals surface area contributed by atoms with Crippen LogP contribution in [0.1, 0.15) is 161 Å². The third-order valence-electron chi connectivity index (χ3n) is 6.93. The van der Waals surface area contributed by atoms with Crippen LogP contribution in [0.3, 0.4) is 0 Å². The van der Waals surface area contributed by atoms with E-state index in [9.17, 15) is 0 Å². The smallest absolute Gasteiger partial charge is 0.150 e. The summed E-state index contributed by atoms with van der Waals surface area (Å²) in [7, 11) is -1.31. The van der Waals surface area contributed by atoms with Gasteiger partial charge in [-0.3, -0.25) is 0 Å². The average molecular weight is 489 g/mol. The molecule has 0 aromatic heterocycles. The molecule has 32 heavy (non-hydrogen) atoms. The highest BCUT2D eigenvalue weighted by Gasteiger charge is 2.15. The van der Waals surface area contributed by atoms with Gasteiger partial charge in [-0.1, -0.05) is 167 Å². The Hall–Kier alpha value is 0.467. The van der Waals surface area contributed by atoms with Gasteiger partial charge < -0.3 is 5.11 Å². The highest BCUT2D eigenvalue weighted by Crippen LogP contribution is 2.20. The SMILES string of the molecule is C[Si](C)(Cl)CCCCCCCCCCCCCCCCCCCCCCCCCCCO. The van der Waals surface area contributed by atoms with E-state index < -0.39 is 7.38 Å². The summed E-state index contributed by atoms with van der Waals surface area (Å²) in [6.07, 6.45) is 35.3. The zero-order valence-electron chi connectivity index (χ0n) is 22.4. The van der Waals surface area contributed by atoms with E-state index in [1.54, 1.807) is 0 Å². The van der Waals surface area contributed by atoms with Gasteiger partial charge in [0.1, 0.15) is 7.38 Å². The van der Waals surface area contributed by atoms with Crippen molar-refractivity contribution in [2.75, 3.05) is 6.61 Å². The van der Waals surface area contributed by atoms with Crippen molar-refractivity contribution in [2.45, 2.75) is 180 Å². The fourth-order valence-corrected chi connectivity index (χ4v) is 6.21. The van der Waals surface area contributed by atoms with Crippen LogP contribution < -0.4 is 0 Å². The van der Waals surface area contributed by atoms with Crippen LogP contribution >= 0.6 is 11.1 Å². The number of halogens is 1. The van der Waals surface area contributed by atoms with Crippen LogP contribution in [0.5, 0.6) is 0 Å². The number of aliphatic hydroxyl groups is 1. The van der Waals surface area contributed by atoms with E-state index in [-0.39, 0.29) is 0 Å². The van der Waals surface area contributed by atoms with Crippen molar-refractivity contribution >= 4 is 18.5 Å². The second kappa shape index (κ2) is 26.1. The molecule has 0 radical (unpaired) electrons. The van der Waals surface area contributed by atoms with E-state index in [0.29, 0.717) is 6.61 Å². The van der Waals surface area contributed by atoms with Crippen LogP contribution in [-0.4, -0.2) is 19.1 Å². The van der Waals surface area contributed by atoms with Crippen LogP contribution in [0, 0.1) is 0 Å². The van der Waals surface area contributed by atoms with Gasteiger partial charge in [0, 0.05) is 6.61 Å². The van der Waals surface area contributed by atoms with Crippen molar-refractivity contribution in [2.24, 2.45) is 0 Å². The van der Waals surface area contributed by atoms with E-state index in [2.05, 4.69) is 13.1 Å². The molecule has 0 saturated heterocycles. The normalized spacial score (nSPS) is 12.0. The summed E-state index contributed by atoms with van der Waals surface area (Å²) in [5.74, 6) is 0. The molecule has 0 rings (SSSR count). The van der Waals surface area contributed by atoms with Crippen LogP contribution in [0.4, 0.5) is 0 Å². The molecule has 0 bridgehead atoms. The zero-order chi connectivity index (χ0) is 23.6. The lowest BCUT2D eigenvalue weighted by atomic mass is 10.0. The average Bonchev–Trinajstić information content (AvgIpc) is 2.75. The molecule has 0 aliphatic rings. The molecule has 0 spiro atoms. The van der Waals surface area contributed by atoms with E-state index in [1.165, 1.54) is 160 Å². The molecule has 0 aliphatic carbocycles. The van der Waals surface area contributed by atoms with Gasteiger partial charge in [-0.15, -0.1) is 0 Å². The van der Waals surface area contributed by atoms with E-state index >= 15 is 0 Å². The number of hydrogen-bond acceptors (Lipinski definition) is 1. The third kappa shape index (κ3) is 30.5. The Balaban J connectivity index is 3.02.